The van der Waals surface area contributed by atoms with Crippen LogP contribution in [0, 0.1) is 0 Å². The van der Waals surface area contributed by atoms with Crippen LogP contribution in [0.3, 0.4) is 0 Å². The Kier molecular flexibility index (Phi) is 5.61. The van der Waals surface area contributed by atoms with Gasteiger partial charge < -0.3 is 20.1 Å². The summed E-state index contributed by atoms with van der Waals surface area (Å²) < 4.78 is 33.8. The number of hydrogen-bond donors (Lipinski definition) is 2. The van der Waals surface area contributed by atoms with E-state index in [2.05, 4.69) is 15.6 Å². The molecule has 1 amide bonds. The van der Waals surface area contributed by atoms with Crippen LogP contribution in [0.5, 0.6) is 11.5 Å². The number of anilines is 2. The predicted octanol–water partition coefficient (Wildman–Crippen LogP) is 2.64. The summed E-state index contributed by atoms with van der Waals surface area (Å²) in [6, 6.07) is 12.0. The Labute approximate surface area is 179 Å². The predicted molar refractivity (Wildman–Crippen MR) is 119 cm³/mol. The molecule has 0 saturated carbocycles. The third-order valence-corrected chi connectivity index (χ3v) is 7.95. The lowest BCUT2D eigenvalue weighted by Gasteiger charge is -2.11. The number of carbonyl (C=O) groups excluding carboxylic acids is 1. The van der Waals surface area contributed by atoms with Crippen LogP contribution >= 0.6 is 11.8 Å². The summed E-state index contributed by atoms with van der Waals surface area (Å²) in [5.41, 5.74) is 1.73. The van der Waals surface area contributed by atoms with Gasteiger partial charge in [-0.3, -0.25) is 9.79 Å². The minimum atomic E-state index is -2.99. The normalized spacial score (nSPS) is 21.5. The fourth-order valence-electron chi connectivity index (χ4n) is 3.36. The van der Waals surface area contributed by atoms with Crippen molar-refractivity contribution >= 4 is 44.0 Å². The van der Waals surface area contributed by atoms with E-state index in [1.54, 1.807) is 50.6 Å². The van der Waals surface area contributed by atoms with E-state index in [0.717, 1.165) is 0 Å². The quantitative estimate of drug-likeness (QED) is 0.726. The number of benzene rings is 2. The second kappa shape index (κ2) is 8.19. The van der Waals surface area contributed by atoms with Crippen LogP contribution in [0.4, 0.5) is 11.4 Å². The molecule has 158 valence electrons. The molecule has 10 heteroatoms. The van der Waals surface area contributed by atoms with Gasteiger partial charge in [0, 0.05) is 40.4 Å². The topological polar surface area (TPSA) is 106 Å². The van der Waals surface area contributed by atoms with Gasteiger partial charge in [-0.25, -0.2) is 8.42 Å². The molecule has 2 aromatic rings. The highest BCUT2D eigenvalue weighted by Crippen LogP contribution is 2.34. The van der Waals surface area contributed by atoms with Crippen molar-refractivity contribution in [2.24, 2.45) is 4.99 Å². The Bertz CT molecular complexity index is 1090. The molecule has 2 N–H and O–H groups in total. The summed E-state index contributed by atoms with van der Waals surface area (Å²) in [5.74, 6) is 1.12. The largest absolute Gasteiger partial charge is 0.497 e. The van der Waals surface area contributed by atoms with Crippen LogP contribution in [0.2, 0.25) is 0 Å². The number of hydrogen-bond acceptors (Lipinski definition) is 8. The maximum atomic E-state index is 12.7. The number of carbonyl (C=O) groups is 1. The first kappa shape index (κ1) is 20.5. The number of rotatable bonds is 5. The monoisotopic (exact) mass is 447 g/mol. The fraction of sp³-hybridized carbons (Fsp3) is 0.300. The lowest BCUT2D eigenvalue weighted by molar-refractivity contribution is 0.102. The van der Waals surface area contributed by atoms with E-state index in [1.165, 1.54) is 11.8 Å². The van der Waals surface area contributed by atoms with Crippen LogP contribution in [0.15, 0.2) is 47.5 Å². The van der Waals surface area contributed by atoms with Gasteiger partial charge in [-0.15, -0.1) is 0 Å². The summed E-state index contributed by atoms with van der Waals surface area (Å²) >= 11 is 1.43. The highest BCUT2D eigenvalue weighted by molar-refractivity contribution is 8.15. The van der Waals surface area contributed by atoms with Gasteiger partial charge in [-0.2, -0.15) is 0 Å². The van der Waals surface area contributed by atoms with E-state index in [0.29, 0.717) is 33.6 Å². The van der Waals surface area contributed by atoms with Crippen LogP contribution in [-0.2, 0) is 9.84 Å². The molecule has 2 atom stereocenters. The van der Waals surface area contributed by atoms with E-state index in [4.69, 9.17) is 9.47 Å². The average molecular weight is 448 g/mol. The molecule has 2 aromatic carbocycles. The molecule has 0 radical (unpaired) electrons. The molecule has 0 aromatic heterocycles. The summed E-state index contributed by atoms with van der Waals surface area (Å²) in [6.07, 6.45) is 0. The van der Waals surface area contributed by atoms with Crippen molar-refractivity contribution in [2.45, 2.75) is 11.3 Å². The molecule has 0 bridgehead atoms. The SMILES string of the molecule is COc1cc(NC(=O)c2cccc(NC3=NC4CS(=O)(=O)CC4S3)c2)cc(OC)c1. The van der Waals surface area contributed by atoms with Gasteiger partial charge in [-0.05, 0) is 18.2 Å². The van der Waals surface area contributed by atoms with E-state index in [-0.39, 0.29) is 28.7 Å². The molecule has 1 fully saturated rings. The lowest BCUT2D eigenvalue weighted by Crippen LogP contribution is -2.14. The second-order valence-electron chi connectivity index (χ2n) is 7.00. The number of aliphatic imine (C=N–C) groups is 1. The molecular weight excluding hydrogens is 426 g/mol. The Morgan fingerprint density at radius 1 is 1.07 bits per heavy atom. The molecule has 2 unspecified atom stereocenters. The highest BCUT2D eigenvalue weighted by atomic mass is 32.2. The molecule has 2 aliphatic heterocycles. The van der Waals surface area contributed by atoms with Crippen LogP contribution < -0.4 is 20.1 Å². The summed E-state index contributed by atoms with van der Waals surface area (Å²) in [4.78, 5) is 17.2. The zero-order chi connectivity index (χ0) is 21.3. The summed E-state index contributed by atoms with van der Waals surface area (Å²) in [7, 11) is 0.103. The minimum Gasteiger partial charge on any atom is -0.497 e. The smallest absolute Gasteiger partial charge is 0.255 e. The number of thioether (sulfide) groups is 1. The lowest BCUT2D eigenvalue weighted by atomic mass is 10.2. The van der Waals surface area contributed by atoms with Crippen molar-refractivity contribution in [1.29, 1.82) is 0 Å². The van der Waals surface area contributed by atoms with Crippen molar-refractivity contribution in [3.05, 3.63) is 48.0 Å². The van der Waals surface area contributed by atoms with Gasteiger partial charge in [0.2, 0.25) is 0 Å². The maximum Gasteiger partial charge on any atom is 0.255 e. The van der Waals surface area contributed by atoms with Crippen molar-refractivity contribution in [1.82, 2.24) is 0 Å². The third-order valence-electron chi connectivity index (χ3n) is 4.80. The Balaban J connectivity index is 1.46. The minimum absolute atomic E-state index is 0.0352. The molecule has 30 heavy (non-hydrogen) atoms. The van der Waals surface area contributed by atoms with Crippen molar-refractivity contribution in [2.75, 3.05) is 36.4 Å². The first-order chi connectivity index (χ1) is 14.3. The Morgan fingerprint density at radius 3 is 2.47 bits per heavy atom. The van der Waals surface area contributed by atoms with Crippen molar-refractivity contribution in [3.8, 4) is 11.5 Å². The third kappa shape index (κ3) is 4.54. The average Bonchev–Trinajstić information content (AvgIpc) is 3.20. The molecule has 0 spiro atoms. The van der Waals surface area contributed by atoms with Gasteiger partial charge in [0.25, 0.3) is 5.91 Å². The van der Waals surface area contributed by atoms with Crippen molar-refractivity contribution < 1.29 is 22.7 Å². The van der Waals surface area contributed by atoms with E-state index < -0.39 is 9.84 Å². The molecule has 8 nitrogen and oxygen atoms in total. The van der Waals surface area contributed by atoms with Crippen molar-refractivity contribution in [3.63, 3.8) is 0 Å². The zero-order valence-electron chi connectivity index (χ0n) is 16.4. The Morgan fingerprint density at radius 2 is 1.80 bits per heavy atom. The molecule has 0 aliphatic carbocycles. The molecule has 2 aliphatic rings. The first-order valence-electron chi connectivity index (χ1n) is 9.21. The summed E-state index contributed by atoms with van der Waals surface area (Å²) in [5, 5.41) is 6.67. The number of nitrogens with one attached hydrogen (secondary N) is 2. The number of fused-ring (bicyclic) bond motifs is 1. The standard InChI is InChI=1S/C20H21N3O5S2/c1-27-15-7-14(8-16(9-15)28-2)21-19(24)12-4-3-5-13(6-12)22-20-23-17-10-30(25,26)11-18(17)29-20/h3-9,17-18H,10-11H2,1-2H3,(H,21,24)(H,22,23). The fourth-order valence-corrected chi connectivity index (χ4v) is 7.04. The van der Waals surface area contributed by atoms with Gasteiger partial charge >= 0.3 is 0 Å². The van der Waals surface area contributed by atoms with Crippen LogP contribution in [-0.4, -0.2) is 56.5 Å². The first-order valence-corrected chi connectivity index (χ1v) is 11.9. The van der Waals surface area contributed by atoms with Gasteiger partial charge in [0.1, 0.15) is 11.5 Å². The van der Waals surface area contributed by atoms with E-state index in [9.17, 15) is 13.2 Å². The number of ether oxygens (including phenoxy) is 2. The molecule has 1 saturated heterocycles. The number of sulfone groups is 1. The summed E-state index contributed by atoms with van der Waals surface area (Å²) in [6.45, 7) is 0. The van der Waals surface area contributed by atoms with Gasteiger partial charge in [-0.1, -0.05) is 17.8 Å². The zero-order valence-corrected chi connectivity index (χ0v) is 18.0. The van der Waals surface area contributed by atoms with E-state index >= 15 is 0 Å². The Hall–Kier alpha value is -2.72. The number of amidine groups is 1. The second-order valence-corrected chi connectivity index (χ2v) is 10.4. The van der Waals surface area contributed by atoms with Crippen LogP contribution in [0.25, 0.3) is 0 Å². The molecular formula is C20H21N3O5S2. The van der Waals surface area contributed by atoms with Crippen LogP contribution in [0.1, 0.15) is 10.4 Å². The maximum absolute atomic E-state index is 12.7. The molecule has 2 heterocycles. The number of amides is 1. The molecule has 4 rings (SSSR count). The van der Waals surface area contributed by atoms with E-state index in [1.807, 2.05) is 6.07 Å². The number of nitrogens with zero attached hydrogens (tertiary/aromatic N) is 1. The number of methoxy groups -OCH3 is 2. The van der Waals surface area contributed by atoms with Gasteiger partial charge in [0.15, 0.2) is 15.0 Å². The highest BCUT2D eigenvalue weighted by Gasteiger charge is 2.42. The van der Waals surface area contributed by atoms with Gasteiger partial charge in [0.05, 0.1) is 31.8 Å².